The Labute approximate surface area is 167 Å². The van der Waals surface area contributed by atoms with Crippen molar-refractivity contribution in [3.63, 3.8) is 0 Å². The van der Waals surface area contributed by atoms with Crippen LogP contribution in [0, 0.1) is 5.82 Å². The number of anilines is 1. The van der Waals surface area contributed by atoms with Crippen molar-refractivity contribution in [2.45, 2.75) is 19.5 Å². The van der Waals surface area contributed by atoms with E-state index < -0.39 is 27.8 Å². The minimum Gasteiger partial charge on any atom is -0.345 e. The fraction of sp³-hybridized carbons (Fsp3) is 0.211. The lowest BCUT2D eigenvalue weighted by molar-refractivity contribution is -0.122. The third kappa shape index (κ3) is 4.96. The lowest BCUT2D eigenvalue weighted by atomic mass is 10.2. The van der Waals surface area contributed by atoms with Crippen LogP contribution in [-0.4, -0.2) is 36.8 Å². The van der Waals surface area contributed by atoms with E-state index in [1.165, 1.54) is 25.1 Å². The summed E-state index contributed by atoms with van der Waals surface area (Å²) >= 11 is 0. The SMILES string of the molecule is C[C@H](C(=O)NCc1nc(-c2ccccc2)no1)N(c1cccc(F)c1)S(C)(=O)=O. The summed E-state index contributed by atoms with van der Waals surface area (Å²) in [5.74, 6) is -0.663. The molecule has 0 saturated heterocycles. The monoisotopic (exact) mass is 418 g/mol. The molecule has 152 valence electrons. The standard InChI is InChI=1S/C19H19FN4O4S/c1-13(24(29(2,26)27)16-10-6-9-15(20)11-16)19(25)21-12-17-22-18(23-28-17)14-7-4-3-5-8-14/h3-11,13H,12H2,1-2H3,(H,21,25)/t13-/m1/s1. The van der Waals surface area contributed by atoms with Crippen molar-refractivity contribution in [2.24, 2.45) is 0 Å². The maximum atomic E-state index is 13.5. The zero-order valence-electron chi connectivity index (χ0n) is 15.7. The average molecular weight is 418 g/mol. The van der Waals surface area contributed by atoms with Crippen molar-refractivity contribution in [3.05, 3.63) is 66.3 Å². The Kier molecular flexibility index (Phi) is 5.92. The molecule has 3 aromatic rings. The second kappa shape index (κ2) is 8.39. The number of benzene rings is 2. The molecule has 1 atom stereocenters. The summed E-state index contributed by atoms with van der Waals surface area (Å²) in [5.41, 5.74) is 0.816. The van der Waals surface area contributed by atoms with Crippen molar-refractivity contribution in [1.82, 2.24) is 15.5 Å². The molecule has 0 fully saturated rings. The summed E-state index contributed by atoms with van der Waals surface area (Å²) in [4.78, 5) is 16.7. The molecular weight excluding hydrogens is 399 g/mol. The Balaban J connectivity index is 1.71. The van der Waals surface area contributed by atoms with Gasteiger partial charge in [-0.1, -0.05) is 41.6 Å². The molecule has 2 aromatic carbocycles. The topological polar surface area (TPSA) is 105 Å². The van der Waals surface area contributed by atoms with Crippen LogP contribution in [0.25, 0.3) is 11.4 Å². The van der Waals surface area contributed by atoms with Crippen LogP contribution in [0.1, 0.15) is 12.8 Å². The smallest absolute Gasteiger partial charge is 0.246 e. The van der Waals surface area contributed by atoms with Crippen LogP contribution < -0.4 is 9.62 Å². The van der Waals surface area contributed by atoms with Gasteiger partial charge in [-0.05, 0) is 25.1 Å². The molecule has 3 rings (SSSR count). The van der Waals surface area contributed by atoms with Crippen LogP contribution in [0.3, 0.4) is 0 Å². The third-order valence-electron chi connectivity index (χ3n) is 4.07. The molecule has 1 amide bonds. The molecule has 1 heterocycles. The number of rotatable bonds is 7. The van der Waals surface area contributed by atoms with Crippen LogP contribution in [0.5, 0.6) is 0 Å². The number of nitrogens with one attached hydrogen (secondary N) is 1. The zero-order chi connectivity index (χ0) is 21.0. The van der Waals surface area contributed by atoms with E-state index in [2.05, 4.69) is 15.5 Å². The van der Waals surface area contributed by atoms with Gasteiger partial charge < -0.3 is 9.84 Å². The fourth-order valence-corrected chi connectivity index (χ4v) is 3.93. The Bertz CT molecular complexity index is 1100. The van der Waals surface area contributed by atoms with Gasteiger partial charge in [0, 0.05) is 5.56 Å². The summed E-state index contributed by atoms with van der Waals surface area (Å²) in [5, 5.41) is 6.42. The number of aromatic nitrogens is 2. The molecule has 10 heteroatoms. The number of sulfonamides is 1. The van der Waals surface area contributed by atoms with E-state index in [0.29, 0.717) is 5.82 Å². The first-order chi connectivity index (χ1) is 13.8. The Morgan fingerprint density at radius 1 is 1.21 bits per heavy atom. The van der Waals surface area contributed by atoms with Gasteiger partial charge in [-0.15, -0.1) is 0 Å². The summed E-state index contributed by atoms with van der Waals surface area (Å²) in [6.45, 7) is 1.33. The minimum atomic E-state index is -3.84. The molecule has 0 saturated carbocycles. The highest BCUT2D eigenvalue weighted by Crippen LogP contribution is 2.22. The number of hydrogen-bond donors (Lipinski definition) is 1. The Hall–Kier alpha value is -3.27. The molecule has 8 nitrogen and oxygen atoms in total. The second-order valence-corrected chi connectivity index (χ2v) is 8.17. The van der Waals surface area contributed by atoms with Crippen LogP contribution in [-0.2, 0) is 21.4 Å². The predicted octanol–water partition coefficient (Wildman–Crippen LogP) is 2.35. The van der Waals surface area contributed by atoms with E-state index in [0.717, 1.165) is 22.2 Å². The van der Waals surface area contributed by atoms with Gasteiger partial charge in [0.15, 0.2) is 0 Å². The Morgan fingerprint density at radius 2 is 1.93 bits per heavy atom. The van der Waals surface area contributed by atoms with Gasteiger partial charge in [0.25, 0.3) is 0 Å². The van der Waals surface area contributed by atoms with E-state index >= 15 is 0 Å². The first-order valence-electron chi connectivity index (χ1n) is 8.66. The third-order valence-corrected chi connectivity index (χ3v) is 5.31. The van der Waals surface area contributed by atoms with E-state index in [1.807, 2.05) is 30.3 Å². The van der Waals surface area contributed by atoms with Gasteiger partial charge in [-0.3, -0.25) is 9.10 Å². The largest absolute Gasteiger partial charge is 0.345 e. The highest BCUT2D eigenvalue weighted by molar-refractivity contribution is 7.92. The molecule has 0 aliphatic heterocycles. The number of amides is 1. The molecular formula is C19H19FN4O4S. The maximum Gasteiger partial charge on any atom is 0.246 e. The molecule has 1 aromatic heterocycles. The van der Waals surface area contributed by atoms with Gasteiger partial charge in [0.05, 0.1) is 18.5 Å². The normalized spacial score (nSPS) is 12.4. The van der Waals surface area contributed by atoms with Gasteiger partial charge in [-0.25, -0.2) is 12.8 Å². The summed E-state index contributed by atoms with van der Waals surface area (Å²) in [6, 6.07) is 13.1. The van der Waals surface area contributed by atoms with Crippen LogP contribution in [0.2, 0.25) is 0 Å². The predicted molar refractivity (Wildman–Crippen MR) is 105 cm³/mol. The highest BCUT2D eigenvalue weighted by Gasteiger charge is 2.29. The lowest BCUT2D eigenvalue weighted by Crippen LogP contribution is -2.47. The molecule has 0 bridgehead atoms. The number of hydrogen-bond acceptors (Lipinski definition) is 6. The average Bonchev–Trinajstić information content (AvgIpc) is 3.15. The van der Waals surface area contributed by atoms with Crippen molar-refractivity contribution in [1.29, 1.82) is 0 Å². The van der Waals surface area contributed by atoms with Crippen LogP contribution in [0.4, 0.5) is 10.1 Å². The van der Waals surface area contributed by atoms with E-state index in [4.69, 9.17) is 4.52 Å². The van der Waals surface area contributed by atoms with Crippen molar-refractivity contribution in [3.8, 4) is 11.4 Å². The first kappa shape index (κ1) is 20.5. The molecule has 0 unspecified atom stereocenters. The van der Waals surface area contributed by atoms with E-state index in [1.54, 1.807) is 0 Å². The van der Waals surface area contributed by atoms with Crippen LogP contribution >= 0.6 is 0 Å². The minimum absolute atomic E-state index is 0.0549. The summed E-state index contributed by atoms with van der Waals surface area (Å²) in [7, 11) is -3.84. The van der Waals surface area contributed by atoms with Crippen molar-refractivity contribution in [2.75, 3.05) is 10.6 Å². The molecule has 1 N–H and O–H groups in total. The van der Waals surface area contributed by atoms with Gasteiger partial charge in [0.2, 0.25) is 27.6 Å². The van der Waals surface area contributed by atoms with Gasteiger partial charge in [-0.2, -0.15) is 4.98 Å². The van der Waals surface area contributed by atoms with Gasteiger partial charge >= 0.3 is 0 Å². The number of halogens is 1. The van der Waals surface area contributed by atoms with Crippen molar-refractivity contribution >= 4 is 21.6 Å². The quantitative estimate of drug-likeness (QED) is 0.631. The molecule has 0 radical (unpaired) electrons. The van der Waals surface area contributed by atoms with Gasteiger partial charge in [0.1, 0.15) is 11.9 Å². The molecule has 0 aliphatic rings. The van der Waals surface area contributed by atoms with Crippen LogP contribution in [0.15, 0.2) is 59.1 Å². The Morgan fingerprint density at radius 3 is 2.59 bits per heavy atom. The lowest BCUT2D eigenvalue weighted by Gasteiger charge is -2.28. The number of carbonyl (C=O) groups is 1. The highest BCUT2D eigenvalue weighted by atomic mass is 32.2. The molecule has 0 aliphatic carbocycles. The van der Waals surface area contributed by atoms with E-state index in [9.17, 15) is 17.6 Å². The first-order valence-corrected chi connectivity index (χ1v) is 10.5. The molecule has 0 spiro atoms. The summed E-state index contributed by atoms with van der Waals surface area (Å²) in [6.07, 6.45) is 0.950. The second-order valence-electron chi connectivity index (χ2n) is 6.31. The zero-order valence-corrected chi connectivity index (χ0v) is 16.6. The fourth-order valence-electron chi connectivity index (χ4n) is 2.76. The summed E-state index contributed by atoms with van der Waals surface area (Å²) < 4.78 is 43.9. The number of nitrogens with zero attached hydrogens (tertiary/aromatic N) is 3. The maximum absolute atomic E-state index is 13.5. The van der Waals surface area contributed by atoms with Crippen molar-refractivity contribution < 1.29 is 22.1 Å². The number of carbonyl (C=O) groups excluding carboxylic acids is 1. The van der Waals surface area contributed by atoms with E-state index in [-0.39, 0.29) is 18.1 Å². The molecule has 29 heavy (non-hydrogen) atoms.